The van der Waals surface area contributed by atoms with Gasteiger partial charge >= 0.3 is 0 Å². The van der Waals surface area contributed by atoms with Crippen LogP contribution in [0.5, 0.6) is 5.75 Å². The van der Waals surface area contributed by atoms with Gasteiger partial charge in [-0.25, -0.2) is 0 Å². The third-order valence-electron chi connectivity index (χ3n) is 6.54. The highest BCUT2D eigenvalue weighted by Gasteiger charge is 2.36. The number of piperidine rings is 1. The van der Waals surface area contributed by atoms with Gasteiger partial charge in [-0.3, -0.25) is 4.90 Å². The van der Waals surface area contributed by atoms with E-state index in [1.807, 2.05) is 18.2 Å². The summed E-state index contributed by atoms with van der Waals surface area (Å²) in [6.45, 7) is 8.57. The van der Waals surface area contributed by atoms with E-state index in [0.717, 1.165) is 44.3 Å². The molecule has 158 valence electrons. The van der Waals surface area contributed by atoms with Gasteiger partial charge in [0.1, 0.15) is 11.6 Å². The lowest BCUT2D eigenvalue weighted by Gasteiger charge is -2.50. The summed E-state index contributed by atoms with van der Waals surface area (Å²) in [4.78, 5) is 5.04. The van der Waals surface area contributed by atoms with Gasteiger partial charge in [0.05, 0.1) is 11.7 Å². The molecule has 2 fully saturated rings. The Bertz CT molecular complexity index is 785. The predicted molar refractivity (Wildman–Crippen MR) is 117 cm³/mol. The van der Waals surface area contributed by atoms with Crippen LogP contribution in [0.3, 0.4) is 0 Å². The second kappa shape index (κ2) is 8.55. The second-order valence-corrected chi connectivity index (χ2v) is 8.60. The van der Waals surface area contributed by atoms with Crippen molar-refractivity contribution in [1.29, 1.82) is 0 Å². The number of rotatable bonds is 4. The van der Waals surface area contributed by atoms with E-state index < -0.39 is 0 Å². The van der Waals surface area contributed by atoms with Crippen molar-refractivity contribution in [3.8, 4) is 5.75 Å². The van der Waals surface area contributed by atoms with Crippen LogP contribution >= 0.6 is 0 Å². The number of nitrogens with one attached hydrogen (secondary N) is 2. The number of hydrogen-bond donors (Lipinski definition) is 5. The molecule has 2 saturated heterocycles. The molecule has 0 amide bonds. The van der Waals surface area contributed by atoms with Crippen LogP contribution in [0.25, 0.3) is 5.70 Å². The summed E-state index contributed by atoms with van der Waals surface area (Å²) >= 11 is 0. The van der Waals surface area contributed by atoms with Crippen molar-refractivity contribution >= 4 is 5.70 Å². The summed E-state index contributed by atoms with van der Waals surface area (Å²) in [5.74, 6) is 1.62. The van der Waals surface area contributed by atoms with Crippen molar-refractivity contribution in [2.75, 3.05) is 39.3 Å². The van der Waals surface area contributed by atoms with Gasteiger partial charge in [-0.2, -0.15) is 0 Å². The standard InChI is InChI=1S/C22H34N6O/c1-15-12-28-17(14-27(15)13-16-6-8-25-9-7-16)11-26-22(24)20(28)10-19(23)18-4-2-3-5-21(18)29/h2-5,10,15-17,25-26,29H,6-9,11-14,23-24H2,1H3/b19-10-. The molecule has 3 heterocycles. The van der Waals surface area contributed by atoms with E-state index in [2.05, 4.69) is 27.4 Å². The summed E-state index contributed by atoms with van der Waals surface area (Å²) in [5.41, 5.74) is 14.7. The number of para-hydroxylation sites is 1. The molecule has 3 aliphatic rings. The van der Waals surface area contributed by atoms with Gasteiger partial charge in [0.25, 0.3) is 0 Å². The van der Waals surface area contributed by atoms with Crippen LogP contribution in [0, 0.1) is 5.92 Å². The van der Waals surface area contributed by atoms with Crippen molar-refractivity contribution in [2.45, 2.75) is 31.8 Å². The highest BCUT2D eigenvalue weighted by Crippen LogP contribution is 2.29. The Morgan fingerprint density at radius 1 is 1.24 bits per heavy atom. The quantitative estimate of drug-likeness (QED) is 0.511. The van der Waals surface area contributed by atoms with Gasteiger partial charge < -0.3 is 32.1 Å². The molecule has 4 rings (SSSR count). The maximum absolute atomic E-state index is 10.1. The monoisotopic (exact) mass is 398 g/mol. The number of phenolic OH excluding ortho intramolecular Hbond substituents is 1. The molecule has 1 aromatic carbocycles. The molecule has 3 aliphatic heterocycles. The zero-order chi connectivity index (χ0) is 20.4. The van der Waals surface area contributed by atoms with E-state index in [1.54, 1.807) is 12.1 Å². The van der Waals surface area contributed by atoms with Gasteiger partial charge in [0.2, 0.25) is 0 Å². The Hall–Kier alpha value is -2.38. The minimum absolute atomic E-state index is 0.181. The highest BCUT2D eigenvalue weighted by atomic mass is 16.3. The summed E-state index contributed by atoms with van der Waals surface area (Å²) in [7, 11) is 0. The molecular formula is C22H34N6O. The number of nitrogens with two attached hydrogens (primary N) is 2. The Morgan fingerprint density at radius 3 is 2.76 bits per heavy atom. The van der Waals surface area contributed by atoms with E-state index in [9.17, 15) is 5.11 Å². The first kappa shape index (κ1) is 19.9. The smallest absolute Gasteiger partial charge is 0.124 e. The molecule has 0 aliphatic carbocycles. The molecule has 0 radical (unpaired) electrons. The van der Waals surface area contributed by atoms with E-state index in [0.29, 0.717) is 29.2 Å². The maximum atomic E-state index is 10.1. The Morgan fingerprint density at radius 2 is 2.00 bits per heavy atom. The number of aromatic hydroxyl groups is 1. The van der Waals surface area contributed by atoms with E-state index >= 15 is 0 Å². The minimum Gasteiger partial charge on any atom is -0.507 e. The van der Waals surface area contributed by atoms with Crippen molar-refractivity contribution < 1.29 is 5.11 Å². The molecule has 0 saturated carbocycles. The van der Waals surface area contributed by atoms with E-state index in [-0.39, 0.29) is 5.75 Å². The second-order valence-electron chi connectivity index (χ2n) is 8.60. The fourth-order valence-corrected chi connectivity index (χ4v) is 4.80. The first-order valence-electron chi connectivity index (χ1n) is 10.7. The number of allylic oxidation sites excluding steroid dienone is 1. The van der Waals surface area contributed by atoms with Gasteiger partial charge in [-0.05, 0) is 57.0 Å². The lowest BCUT2D eigenvalue weighted by Crippen LogP contribution is -2.62. The minimum atomic E-state index is 0.181. The van der Waals surface area contributed by atoms with Crippen LogP contribution in [0.2, 0.25) is 0 Å². The van der Waals surface area contributed by atoms with Gasteiger partial charge in [0.15, 0.2) is 0 Å². The molecule has 7 N–H and O–H groups in total. The molecule has 0 bridgehead atoms. The first-order chi connectivity index (χ1) is 14.0. The molecule has 2 unspecified atom stereocenters. The predicted octanol–water partition coefficient (Wildman–Crippen LogP) is 0.797. The summed E-state index contributed by atoms with van der Waals surface area (Å²) in [6.07, 6.45) is 4.44. The molecule has 29 heavy (non-hydrogen) atoms. The molecule has 0 aromatic heterocycles. The number of phenols is 1. The normalized spacial score (nSPS) is 26.9. The SMILES string of the molecule is CC1CN2C(/C=C(\N)c3ccccc3O)=C(N)NCC2CN1CC1CCNCC1. The van der Waals surface area contributed by atoms with Crippen molar-refractivity contribution in [2.24, 2.45) is 17.4 Å². The molecule has 7 nitrogen and oxygen atoms in total. The Balaban J connectivity index is 1.51. The number of fused-ring (bicyclic) bond motifs is 1. The van der Waals surface area contributed by atoms with Crippen molar-refractivity contribution in [3.05, 3.63) is 47.4 Å². The largest absolute Gasteiger partial charge is 0.507 e. The van der Waals surface area contributed by atoms with Crippen LogP contribution < -0.4 is 22.1 Å². The van der Waals surface area contributed by atoms with E-state index in [4.69, 9.17) is 11.5 Å². The summed E-state index contributed by atoms with van der Waals surface area (Å²) in [5, 5.41) is 17.0. The topological polar surface area (TPSA) is 103 Å². The molecule has 1 aromatic rings. The average Bonchev–Trinajstić information content (AvgIpc) is 2.72. The molecular weight excluding hydrogens is 364 g/mol. The fraction of sp³-hybridized carbons (Fsp3) is 0.545. The van der Waals surface area contributed by atoms with Crippen LogP contribution in [-0.4, -0.2) is 66.3 Å². The number of piperazine rings is 1. The Kier molecular flexibility index (Phi) is 5.87. The van der Waals surface area contributed by atoms with E-state index in [1.165, 1.54) is 19.4 Å². The number of hydrogen-bond acceptors (Lipinski definition) is 7. The third-order valence-corrected chi connectivity index (χ3v) is 6.54. The lowest BCUT2D eigenvalue weighted by molar-refractivity contribution is 0.0390. The van der Waals surface area contributed by atoms with Crippen LogP contribution in [0.1, 0.15) is 25.3 Å². The zero-order valence-corrected chi connectivity index (χ0v) is 17.3. The Labute approximate surface area is 173 Å². The summed E-state index contributed by atoms with van der Waals surface area (Å²) in [6, 6.07) is 7.96. The van der Waals surface area contributed by atoms with Gasteiger partial charge in [0, 0.05) is 43.5 Å². The summed E-state index contributed by atoms with van der Waals surface area (Å²) < 4.78 is 0. The van der Waals surface area contributed by atoms with Gasteiger partial charge in [-0.1, -0.05) is 12.1 Å². The van der Waals surface area contributed by atoms with Crippen molar-refractivity contribution in [1.82, 2.24) is 20.4 Å². The molecule has 2 atom stereocenters. The maximum Gasteiger partial charge on any atom is 0.124 e. The molecule has 0 spiro atoms. The van der Waals surface area contributed by atoms with Crippen LogP contribution in [0.15, 0.2) is 41.9 Å². The number of benzene rings is 1. The number of nitrogens with zero attached hydrogens (tertiary/aromatic N) is 2. The lowest BCUT2D eigenvalue weighted by atomic mass is 9.95. The van der Waals surface area contributed by atoms with Crippen LogP contribution in [-0.2, 0) is 0 Å². The van der Waals surface area contributed by atoms with Crippen LogP contribution in [0.4, 0.5) is 0 Å². The fourth-order valence-electron chi connectivity index (χ4n) is 4.80. The zero-order valence-electron chi connectivity index (χ0n) is 17.3. The average molecular weight is 399 g/mol. The first-order valence-corrected chi connectivity index (χ1v) is 10.7. The van der Waals surface area contributed by atoms with Gasteiger partial charge in [-0.15, -0.1) is 0 Å². The highest BCUT2D eigenvalue weighted by molar-refractivity contribution is 5.70. The van der Waals surface area contributed by atoms with Crippen molar-refractivity contribution in [3.63, 3.8) is 0 Å². The molecule has 7 heteroatoms. The third kappa shape index (κ3) is 4.31.